The first-order valence-electron chi connectivity index (χ1n) is 7.24. The van der Waals surface area contributed by atoms with Gasteiger partial charge in [0.25, 0.3) is 0 Å². The van der Waals surface area contributed by atoms with Gasteiger partial charge < -0.3 is 14.6 Å². The van der Waals surface area contributed by atoms with Gasteiger partial charge in [-0.1, -0.05) is 6.92 Å². The van der Waals surface area contributed by atoms with Crippen molar-refractivity contribution in [1.82, 2.24) is 4.90 Å². The number of piperidine rings is 2. The zero-order chi connectivity index (χ0) is 13.5. The number of furan rings is 1. The third-order valence-electron chi connectivity index (χ3n) is 4.98. The summed E-state index contributed by atoms with van der Waals surface area (Å²) in [6, 6.07) is 2.85. The summed E-state index contributed by atoms with van der Waals surface area (Å²) in [5, 5.41) is 19.8. The van der Waals surface area contributed by atoms with Crippen LogP contribution in [0.5, 0.6) is 0 Å². The number of aliphatic hydroxyl groups excluding tert-OH is 1. The van der Waals surface area contributed by atoms with Crippen LogP contribution in [-0.4, -0.2) is 39.9 Å². The zero-order valence-electron chi connectivity index (χ0n) is 11.5. The summed E-state index contributed by atoms with van der Waals surface area (Å²) < 4.78 is 5.21. The van der Waals surface area contributed by atoms with Crippen molar-refractivity contribution in [1.29, 1.82) is 0 Å². The Morgan fingerprint density at radius 3 is 2.95 bits per heavy atom. The molecule has 0 aliphatic carbocycles. The molecule has 2 N–H and O–H groups in total. The first-order chi connectivity index (χ1) is 9.13. The normalized spacial score (nSPS) is 40.1. The number of aliphatic hydroxyl groups is 2. The van der Waals surface area contributed by atoms with E-state index in [9.17, 15) is 10.2 Å². The molecule has 106 valence electrons. The summed E-state index contributed by atoms with van der Waals surface area (Å²) in [4.78, 5) is 2.39. The fourth-order valence-electron chi connectivity index (χ4n) is 3.80. The summed E-state index contributed by atoms with van der Waals surface area (Å²) in [5.41, 5.74) is 0.259. The molecule has 1 aromatic heterocycles. The van der Waals surface area contributed by atoms with E-state index in [-0.39, 0.29) is 6.61 Å². The minimum atomic E-state index is -0.935. The first-order valence-corrected chi connectivity index (χ1v) is 7.24. The second-order valence-electron chi connectivity index (χ2n) is 6.29. The van der Waals surface area contributed by atoms with Gasteiger partial charge in [0.2, 0.25) is 0 Å². The van der Waals surface area contributed by atoms with E-state index < -0.39 is 5.60 Å². The monoisotopic (exact) mass is 265 g/mol. The van der Waals surface area contributed by atoms with Crippen LogP contribution in [0.25, 0.3) is 0 Å². The van der Waals surface area contributed by atoms with Crippen molar-refractivity contribution in [2.75, 3.05) is 13.2 Å². The third-order valence-corrected chi connectivity index (χ3v) is 4.98. The van der Waals surface area contributed by atoms with Crippen molar-refractivity contribution < 1.29 is 14.6 Å². The van der Waals surface area contributed by atoms with Crippen LogP contribution < -0.4 is 0 Å². The van der Waals surface area contributed by atoms with Crippen LogP contribution in [0, 0.1) is 5.92 Å². The largest absolute Gasteiger partial charge is 0.472 e. The summed E-state index contributed by atoms with van der Waals surface area (Å²) >= 11 is 0. The average molecular weight is 265 g/mol. The highest BCUT2D eigenvalue weighted by molar-refractivity contribution is 5.15. The highest BCUT2D eigenvalue weighted by atomic mass is 16.3. The third kappa shape index (κ3) is 2.33. The molecule has 4 nitrogen and oxygen atoms in total. The van der Waals surface area contributed by atoms with Gasteiger partial charge in [0.15, 0.2) is 0 Å². The number of rotatable bonds is 2. The van der Waals surface area contributed by atoms with Crippen LogP contribution in [0.3, 0.4) is 0 Å². The number of fused-ring (bicyclic) bond motifs is 1. The molecule has 0 radical (unpaired) electrons. The molecule has 1 aromatic rings. The van der Waals surface area contributed by atoms with Crippen molar-refractivity contribution in [2.24, 2.45) is 5.92 Å². The Morgan fingerprint density at radius 2 is 2.26 bits per heavy atom. The van der Waals surface area contributed by atoms with Gasteiger partial charge in [0.05, 0.1) is 19.1 Å². The average Bonchev–Trinajstić information content (AvgIpc) is 2.93. The van der Waals surface area contributed by atoms with Gasteiger partial charge in [-0.15, -0.1) is 0 Å². The topological polar surface area (TPSA) is 56.8 Å². The lowest BCUT2D eigenvalue weighted by atomic mass is 9.76. The Kier molecular flexibility index (Phi) is 3.41. The molecular formula is C15H23NO3. The van der Waals surface area contributed by atoms with E-state index in [1.165, 1.54) is 12.0 Å². The van der Waals surface area contributed by atoms with Crippen LogP contribution in [0.2, 0.25) is 0 Å². The molecule has 0 bridgehead atoms. The standard InChI is InChI=1S/C15H23NO3/c1-11-2-3-14(12-5-7-19-8-12)16-9-15(18,10-17)6-4-13(11)16/h5,7-8,11,13-14,17-18H,2-4,6,9-10H2,1H3/t11-,13+,14+,15-/m1/s1. The van der Waals surface area contributed by atoms with E-state index in [0.29, 0.717) is 31.0 Å². The molecule has 2 aliphatic rings. The van der Waals surface area contributed by atoms with Crippen LogP contribution in [0.1, 0.15) is 44.2 Å². The summed E-state index contributed by atoms with van der Waals surface area (Å²) in [6.07, 6.45) is 7.50. The molecule has 0 saturated carbocycles. The molecule has 2 saturated heterocycles. The fourth-order valence-corrected chi connectivity index (χ4v) is 3.80. The van der Waals surface area contributed by atoms with Crippen molar-refractivity contribution in [3.63, 3.8) is 0 Å². The van der Waals surface area contributed by atoms with Gasteiger partial charge in [0.1, 0.15) is 5.60 Å². The summed E-state index contributed by atoms with van der Waals surface area (Å²) in [7, 11) is 0. The van der Waals surface area contributed by atoms with Gasteiger partial charge in [0, 0.05) is 24.2 Å². The Labute approximate surface area is 114 Å². The van der Waals surface area contributed by atoms with E-state index in [1.54, 1.807) is 6.26 Å². The van der Waals surface area contributed by atoms with Crippen LogP contribution in [-0.2, 0) is 0 Å². The van der Waals surface area contributed by atoms with Crippen molar-refractivity contribution >= 4 is 0 Å². The molecular weight excluding hydrogens is 242 g/mol. The van der Waals surface area contributed by atoms with E-state index in [2.05, 4.69) is 11.8 Å². The molecule has 0 unspecified atom stereocenters. The molecule has 0 spiro atoms. The van der Waals surface area contributed by atoms with E-state index in [0.717, 1.165) is 12.8 Å². The van der Waals surface area contributed by atoms with E-state index in [1.807, 2.05) is 12.3 Å². The van der Waals surface area contributed by atoms with Crippen LogP contribution in [0.4, 0.5) is 0 Å². The second-order valence-corrected chi connectivity index (χ2v) is 6.29. The van der Waals surface area contributed by atoms with Gasteiger partial charge in [-0.3, -0.25) is 4.90 Å². The minimum absolute atomic E-state index is 0.150. The molecule has 2 fully saturated rings. The van der Waals surface area contributed by atoms with Crippen molar-refractivity contribution in [2.45, 2.75) is 50.3 Å². The maximum atomic E-state index is 10.4. The smallest absolute Gasteiger partial charge is 0.100 e. The molecule has 4 heteroatoms. The molecule has 0 aromatic carbocycles. The van der Waals surface area contributed by atoms with Crippen LogP contribution in [0.15, 0.2) is 23.0 Å². The highest BCUT2D eigenvalue weighted by Gasteiger charge is 2.44. The molecule has 0 amide bonds. The lowest BCUT2D eigenvalue weighted by molar-refractivity contribution is -0.115. The van der Waals surface area contributed by atoms with Gasteiger partial charge in [-0.2, -0.15) is 0 Å². The van der Waals surface area contributed by atoms with Crippen molar-refractivity contribution in [3.05, 3.63) is 24.2 Å². The summed E-state index contributed by atoms with van der Waals surface area (Å²) in [5.74, 6) is 0.659. The lowest BCUT2D eigenvalue weighted by Crippen LogP contribution is -2.58. The zero-order valence-corrected chi connectivity index (χ0v) is 11.5. The van der Waals surface area contributed by atoms with E-state index in [4.69, 9.17) is 4.42 Å². The number of hydrogen-bond donors (Lipinski definition) is 2. The molecule has 2 aliphatic heterocycles. The van der Waals surface area contributed by atoms with Gasteiger partial charge in [-0.05, 0) is 37.7 Å². The number of hydrogen-bond acceptors (Lipinski definition) is 4. The number of nitrogens with zero attached hydrogens (tertiary/aromatic N) is 1. The predicted molar refractivity (Wildman–Crippen MR) is 71.6 cm³/mol. The maximum Gasteiger partial charge on any atom is 0.100 e. The first kappa shape index (κ1) is 13.2. The van der Waals surface area contributed by atoms with E-state index >= 15 is 0 Å². The van der Waals surface area contributed by atoms with Crippen LogP contribution >= 0.6 is 0 Å². The molecule has 3 heterocycles. The SMILES string of the molecule is C[C@@H]1CC[C@@H](c2ccoc2)N2C[C@@](O)(CO)CC[C@@H]12. The Morgan fingerprint density at radius 1 is 1.42 bits per heavy atom. The Hall–Kier alpha value is -0.840. The second kappa shape index (κ2) is 4.93. The lowest BCUT2D eigenvalue weighted by Gasteiger charge is -2.52. The quantitative estimate of drug-likeness (QED) is 0.858. The predicted octanol–water partition coefficient (Wildman–Crippen LogP) is 1.94. The molecule has 4 atom stereocenters. The Balaban J connectivity index is 1.86. The molecule has 19 heavy (non-hydrogen) atoms. The van der Waals surface area contributed by atoms with Gasteiger partial charge in [-0.25, -0.2) is 0 Å². The highest BCUT2D eigenvalue weighted by Crippen LogP contribution is 2.43. The molecule has 3 rings (SSSR count). The maximum absolute atomic E-state index is 10.4. The van der Waals surface area contributed by atoms with Gasteiger partial charge >= 0.3 is 0 Å². The Bertz CT molecular complexity index is 419. The summed E-state index contributed by atoms with van der Waals surface area (Å²) in [6.45, 7) is 2.71. The van der Waals surface area contributed by atoms with Crippen molar-refractivity contribution in [3.8, 4) is 0 Å². The minimum Gasteiger partial charge on any atom is -0.472 e. The fraction of sp³-hybridized carbons (Fsp3) is 0.733.